The summed E-state index contributed by atoms with van der Waals surface area (Å²) in [6, 6.07) is 0. The summed E-state index contributed by atoms with van der Waals surface area (Å²) in [5.74, 6) is 4.48. The molecule has 0 unspecified atom stereocenters. The summed E-state index contributed by atoms with van der Waals surface area (Å²) < 4.78 is 4.90. The van der Waals surface area contributed by atoms with Gasteiger partial charge in [-0.15, -0.1) is 0 Å². The second kappa shape index (κ2) is 6.80. The van der Waals surface area contributed by atoms with Crippen molar-refractivity contribution < 1.29 is 21.9 Å². The molecule has 0 aromatic rings. The van der Waals surface area contributed by atoms with Gasteiger partial charge >= 0.3 is 0 Å². The lowest BCUT2D eigenvalue weighted by Crippen LogP contribution is -3.00. The smallest absolute Gasteiger partial charge is 0.259 e. The van der Waals surface area contributed by atoms with Crippen LogP contribution in [0.3, 0.4) is 0 Å². The Morgan fingerprint density at radius 1 is 1.70 bits per heavy atom. The molecular formula is C5H12ClN2O2-. The first-order valence-corrected chi connectivity index (χ1v) is 2.78. The summed E-state index contributed by atoms with van der Waals surface area (Å²) >= 11 is 0. The van der Waals surface area contributed by atoms with Crippen LogP contribution in [-0.2, 0) is 9.53 Å². The number of rotatable bonds is 3. The van der Waals surface area contributed by atoms with Crippen molar-refractivity contribution in [2.24, 2.45) is 5.84 Å². The first-order chi connectivity index (χ1) is 4.16. The van der Waals surface area contributed by atoms with Gasteiger partial charge in [0.2, 0.25) is 0 Å². The highest BCUT2D eigenvalue weighted by molar-refractivity contribution is 5.76. The van der Waals surface area contributed by atoms with E-state index in [1.807, 2.05) is 19.3 Å². The molecule has 0 spiro atoms. The Kier molecular flexibility index (Phi) is 8.40. The zero-order valence-electron chi connectivity index (χ0n) is 6.06. The van der Waals surface area contributed by atoms with Gasteiger partial charge in [-0.25, -0.2) is 5.84 Å². The van der Waals surface area contributed by atoms with Crippen molar-refractivity contribution >= 4 is 5.91 Å². The predicted molar refractivity (Wildman–Crippen MR) is 33.4 cm³/mol. The summed E-state index contributed by atoms with van der Waals surface area (Å²) in [4.78, 5) is 10.4. The third-order valence-electron chi connectivity index (χ3n) is 0.709. The van der Waals surface area contributed by atoms with E-state index in [0.29, 0.717) is 0 Å². The van der Waals surface area contributed by atoms with Crippen molar-refractivity contribution in [1.82, 2.24) is 5.43 Å². The lowest BCUT2D eigenvalue weighted by atomic mass is 10.5. The van der Waals surface area contributed by atoms with Crippen LogP contribution in [0.1, 0.15) is 13.8 Å². The Labute approximate surface area is 66.5 Å². The molecular weight excluding hydrogens is 156 g/mol. The zero-order valence-corrected chi connectivity index (χ0v) is 6.81. The van der Waals surface area contributed by atoms with Gasteiger partial charge in [0.1, 0.15) is 6.61 Å². The maximum absolute atomic E-state index is 10.4. The van der Waals surface area contributed by atoms with E-state index in [2.05, 4.69) is 0 Å². The van der Waals surface area contributed by atoms with Crippen molar-refractivity contribution in [3.05, 3.63) is 0 Å². The van der Waals surface area contributed by atoms with Gasteiger partial charge in [-0.05, 0) is 13.8 Å². The van der Waals surface area contributed by atoms with Gasteiger partial charge < -0.3 is 17.1 Å². The molecule has 5 heteroatoms. The fourth-order valence-electron chi connectivity index (χ4n) is 0.284. The Morgan fingerprint density at radius 2 is 2.20 bits per heavy atom. The molecule has 1 amide bonds. The molecule has 0 heterocycles. The third-order valence-corrected chi connectivity index (χ3v) is 0.709. The van der Waals surface area contributed by atoms with Crippen molar-refractivity contribution in [2.75, 3.05) is 6.61 Å². The van der Waals surface area contributed by atoms with Crippen LogP contribution in [-0.4, -0.2) is 18.6 Å². The second-order valence-corrected chi connectivity index (χ2v) is 1.93. The Morgan fingerprint density at radius 3 is 2.50 bits per heavy atom. The van der Waals surface area contributed by atoms with E-state index in [4.69, 9.17) is 10.6 Å². The molecule has 0 aliphatic carbocycles. The Balaban J connectivity index is 0. The van der Waals surface area contributed by atoms with E-state index in [9.17, 15) is 4.79 Å². The van der Waals surface area contributed by atoms with Crippen LogP contribution in [0.4, 0.5) is 0 Å². The molecule has 10 heavy (non-hydrogen) atoms. The molecule has 0 radical (unpaired) electrons. The van der Waals surface area contributed by atoms with Gasteiger partial charge in [0.25, 0.3) is 5.91 Å². The number of amides is 1. The minimum absolute atomic E-state index is 0. The van der Waals surface area contributed by atoms with Gasteiger partial charge in [-0.2, -0.15) is 0 Å². The third kappa shape index (κ3) is 7.68. The maximum Gasteiger partial charge on any atom is 0.259 e. The van der Waals surface area contributed by atoms with Gasteiger partial charge in [0.05, 0.1) is 6.10 Å². The quantitative estimate of drug-likeness (QED) is 0.260. The number of hydrogen-bond acceptors (Lipinski definition) is 3. The van der Waals surface area contributed by atoms with Crippen LogP contribution >= 0.6 is 0 Å². The Bertz CT molecular complexity index is 97.6. The number of carbonyl (C=O) groups is 1. The average molecular weight is 168 g/mol. The van der Waals surface area contributed by atoms with Crippen LogP contribution in [0.15, 0.2) is 0 Å². The SMILES string of the molecule is CC(C)OCC(=O)NN.[Cl-]. The van der Waals surface area contributed by atoms with Crippen molar-refractivity contribution in [3.8, 4) is 0 Å². The molecule has 0 rings (SSSR count). The molecule has 0 aliphatic heterocycles. The van der Waals surface area contributed by atoms with Crippen LogP contribution < -0.4 is 23.7 Å². The van der Waals surface area contributed by atoms with Crippen LogP contribution in [0, 0.1) is 0 Å². The number of hydrazine groups is 1. The summed E-state index contributed by atoms with van der Waals surface area (Å²) in [6.45, 7) is 3.74. The molecule has 0 atom stereocenters. The molecule has 0 aromatic heterocycles. The maximum atomic E-state index is 10.4. The highest BCUT2D eigenvalue weighted by atomic mass is 35.5. The van der Waals surface area contributed by atoms with E-state index in [0.717, 1.165) is 0 Å². The number of hydrogen-bond donors (Lipinski definition) is 2. The summed E-state index contributed by atoms with van der Waals surface area (Å²) in [6.07, 6.45) is 0.0716. The zero-order chi connectivity index (χ0) is 7.28. The molecule has 0 fully saturated rings. The summed E-state index contributed by atoms with van der Waals surface area (Å²) in [5, 5.41) is 0. The molecule has 0 aliphatic rings. The number of nitrogens with two attached hydrogens (primary N) is 1. The monoisotopic (exact) mass is 167 g/mol. The highest BCUT2D eigenvalue weighted by Gasteiger charge is 1.98. The van der Waals surface area contributed by atoms with E-state index in [-0.39, 0.29) is 31.0 Å². The van der Waals surface area contributed by atoms with E-state index in [1.165, 1.54) is 0 Å². The van der Waals surface area contributed by atoms with E-state index < -0.39 is 0 Å². The topological polar surface area (TPSA) is 64.3 Å². The molecule has 3 N–H and O–H groups in total. The normalized spacial score (nSPS) is 8.80. The molecule has 62 valence electrons. The number of halogens is 1. The molecule has 0 saturated carbocycles. The predicted octanol–water partition coefficient (Wildman–Crippen LogP) is -3.59. The minimum atomic E-state index is -0.302. The lowest BCUT2D eigenvalue weighted by molar-refractivity contribution is -0.127. The van der Waals surface area contributed by atoms with Crippen molar-refractivity contribution in [3.63, 3.8) is 0 Å². The average Bonchev–Trinajstić information content (AvgIpc) is 1.83. The van der Waals surface area contributed by atoms with Crippen LogP contribution in [0.2, 0.25) is 0 Å². The Hall–Kier alpha value is -0.320. The molecule has 4 nitrogen and oxygen atoms in total. The largest absolute Gasteiger partial charge is 1.00 e. The fraction of sp³-hybridized carbons (Fsp3) is 0.800. The van der Waals surface area contributed by atoms with Gasteiger partial charge in [-0.1, -0.05) is 0 Å². The molecule has 0 aromatic carbocycles. The molecule has 0 bridgehead atoms. The lowest BCUT2D eigenvalue weighted by Gasteiger charge is -2.04. The first-order valence-electron chi connectivity index (χ1n) is 2.78. The van der Waals surface area contributed by atoms with Gasteiger partial charge in [0, 0.05) is 0 Å². The van der Waals surface area contributed by atoms with Crippen molar-refractivity contribution in [1.29, 1.82) is 0 Å². The fourth-order valence-corrected chi connectivity index (χ4v) is 0.284. The summed E-state index contributed by atoms with van der Waals surface area (Å²) in [7, 11) is 0. The first kappa shape index (κ1) is 12.4. The highest BCUT2D eigenvalue weighted by Crippen LogP contribution is 1.84. The van der Waals surface area contributed by atoms with Crippen molar-refractivity contribution in [2.45, 2.75) is 20.0 Å². The molecule has 0 saturated heterocycles. The number of carbonyl (C=O) groups excluding carboxylic acids is 1. The van der Waals surface area contributed by atoms with E-state index in [1.54, 1.807) is 0 Å². The van der Waals surface area contributed by atoms with Gasteiger partial charge in [0.15, 0.2) is 0 Å². The number of nitrogens with one attached hydrogen (secondary N) is 1. The number of ether oxygens (including phenoxy) is 1. The minimum Gasteiger partial charge on any atom is -1.00 e. The standard InChI is InChI=1S/C5H12N2O2.ClH/c1-4(2)9-3-5(8)7-6;/h4H,3,6H2,1-2H3,(H,7,8);1H/p-1. The van der Waals surface area contributed by atoms with Crippen LogP contribution in [0.5, 0.6) is 0 Å². The van der Waals surface area contributed by atoms with Crippen LogP contribution in [0.25, 0.3) is 0 Å². The second-order valence-electron chi connectivity index (χ2n) is 1.93. The van der Waals surface area contributed by atoms with E-state index >= 15 is 0 Å². The van der Waals surface area contributed by atoms with Gasteiger partial charge in [-0.3, -0.25) is 10.2 Å². The summed E-state index contributed by atoms with van der Waals surface area (Å²) in [5.41, 5.74) is 1.96.